The summed E-state index contributed by atoms with van der Waals surface area (Å²) in [5, 5.41) is 0. The third-order valence-corrected chi connectivity index (χ3v) is 2.88. The first kappa shape index (κ1) is 13.1. The molecule has 10 heteroatoms. The minimum atomic E-state index is -4.11. The minimum absolute atomic E-state index is 0.566. The van der Waals surface area contributed by atoms with Crippen molar-refractivity contribution in [1.29, 1.82) is 0 Å². The van der Waals surface area contributed by atoms with E-state index >= 15 is 0 Å². The second-order valence-corrected chi connectivity index (χ2v) is 4.59. The van der Waals surface area contributed by atoms with Gasteiger partial charge in [0.25, 0.3) is 0 Å². The molecule has 0 aromatic rings. The maximum atomic E-state index is 10.1. The van der Waals surface area contributed by atoms with Gasteiger partial charge in [0.15, 0.2) is 0 Å². The summed E-state index contributed by atoms with van der Waals surface area (Å²) in [5.41, 5.74) is 9.93. The molecule has 8 nitrogen and oxygen atoms in total. The molecular formula is C2H6I2N2O6. The molecule has 0 aliphatic heterocycles. The van der Waals surface area contributed by atoms with E-state index < -0.39 is 54.6 Å². The molecule has 0 spiro atoms. The molecule has 0 aromatic heterocycles. The van der Waals surface area contributed by atoms with Crippen molar-refractivity contribution in [2.24, 2.45) is 11.5 Å². The predicted octanol–water partition coefficient (Wildman–Crippen LogP) is -12.2. The number of nitrogens with two attached hydrogens (primary N) is 2. The van der Waals surface area contributed by atoms with Crippen LogP contribution in [0.5, 0.6) is 0 Å². The van der Waals surface area contributed by atoms with Gasteiger partial charge in [0.2, 0.25) is 0 Å². The Kier molecular flexibility index (Phi) is 6.33. The fourth-order valence-corrected chi connectivity index (χ4v) is 2.39. The highest BCUT2D eigenvalue weighted by Crippen LogP contribution is 1.88. The Hall–Kier alpha value is 1.14. The Morgan fingerprint density at radius 2 is 1.42 bits per heavy atom. The van der Waals surface area contributed by atoms with Crippen LogP contribution in [-0.4, -0.2) is 12.5 Å². The Morgan fingerprint density at radius 1 is 1.08 bits per heavy atom. The molecule has 0 saturated carbocycles. The molecule has 0 aliphatic rings. The first-order valence-electron chi connectivity index (χ1n) is 2.38. The highest BCUT2D eigenvalue weighted by atomic mass is 127. The summed E-state index contributed by atoms with van der Waals surface area (Å²) in [7, 11) is 0. The van der Waals surface area contributed by atoms with Gasteiger partial charge in [-0.15, -0.1) is 0 Å². The van der Waals surface area contributed by atoms with E-state index in [9.17, 15) is 13.7 Å². The van der Waals surface area contributed by atoms with Gasteiger partial charge in [-0.25, -0.2) is 0 Å². The zero-order valence-electron chi connectivity index (χ0n) is 5.57. The van der Waals surface area contributed by atoms with Crippen molar-refractivity contribution in [3.05, 3.63) is 0 Å². The molecule has 0 heterocycles. The van der Waals surface area contributed by atoms with Crippen molar-refractivity contribution in [1.82, 2.24) is 0 Å². The van der Waals surface area contributed by atoms with Crippen LogP contribution in [0.25, 0.3) is 0 Å². The van der Waals surface area contributed by atoms with E-state index in [1.165, 1.54) is 0 Å². The smallest absolute Gasteiger partial charge is 0.396 e. The molecule has 0 amide bonds. The van der Waals surface area contributed by atoms with Crippen LogP contribution in [0.3, 0.4) is 0 Å². The van der Waals surface area contributed by atoms with Gasteiger partial charge in [0.1, 0.15) is 0 Å². The molecule has 0 unspecified atom stereocenters. The maximum Gasteiger partial charge on any atom is 0.512 e. The van der Waals surface area contributed by atoms with Crippen LogP contribution < -0.4 is 67.3 Å². The molecule has 0 fully saturated rings. The molecule has 74 valence electrons. The van der Waals surface area contributed by atoms with Crippen LogP contribution in [0.15, 0.2) is 0 Å². The van der Waals surface area contributed by atoms with E-state index in [4.69, 9.17) is 11.5 Å². The molecule has 0 atom stereocenters. The van der Waals surface area contributed by atoms with Crippen LogP contribution >= 0.6 is 0 Å². The lowest BCUT2D eigenvalue weighted by molar-refractivity contribution is -1.66. The second-order valence-electron chi connectivity index (χ2n) is 1.55. The fourth-order valence-electron chi connectivity index (χ4n) is 0.288. The van der Waals surface area contributed by atoms with Gasteiger partial charge in [-0.1, -0.05) is 0 Å². The second kappa shape index (κ2) is 5.78. The van der Waals surface area contributed by atoms with Crippen molar-refractivity contribution >= 4 is 0 Å². The van der Waals surface area contributed by atoms with Gasteiger partial charge in [0, 0.05) is 6.13 Å². The monoisotopic (exact) mass is 408 g/mol. The summed E-state index contributed by atoms with van der Waals surface area (Å²) in [6, 6.07) is 0. The minimum Gasteiger partial charge on any atom is -0.396 e. The highest BCUT2D eigenvalue weighted by Gasteiger charge is 2.48. The van der Waals surface area contributed by atoms with Crippen LogP contribution in [0, 0.1) is 0 Å². The average Bonchev–Trinajstić information content (AvgIpc) is 1.83. The first-order valence-corrected chi connectivity index (χ1v) is 7.67. The van der Waals surface area contributed by atoms with Crippen molar-refractivity contribution < 1.29 is 62.0 Å². The lowest BCUT2D eigenvalue weighted by Crippen LogP contribution is -4.01. The molecule has 4 N–H and O–H groups in total. The topological polar surface area (TPSA) is 163 Å². The van der Waals surface area contributed by atoms with Gasteiger partial charge in [-0.3, -0.25) is 5.73 Å². The van der Waals surface area contributed by atoms with Gasteiger partial charge in [0.05, 0.1) is 6.54 Å². The van der Waals surface area contributed by atoms with Crippen molar-refractivity contribution in [3.63, 3.8) is 0 Å². The molecule has 0 rings (SSSR count). The molecular weight excluding hydrogens is 402 g/mol. The first-order chi connectivity index (χ1) is 5.39. The van der Waals surface area contributed by atoms with Crippen molar-refractivity contribution in [2.75, 3.05) is 6.54 Å². The van der Waals surface area contributed by atoms with E-state index in [-0.39, 0.29) is 0 Å². The number of hydrogen-bond donors (Lipinski definition) is 2. The van der Waals surface area contributed by atoms with Crippen LogP contribution in [0.4, 0.5) is 0 Å². The highest BCUT2D eigenvalue weighted by molar-refractivity contribution is 4.54. The van der Waals surface area contributed by atoms with Crippen LogP contribution in [0.1, 0.15) is 0 Å². The van der Waals surface area contributed by atoms with Gasteiger partial charge in [-0.05, 0) is 0 Å². The van der Waals surface area contributed by atoms with E-state index in [0.717, 1.165) is 0 Å². The van der Waals surface area contributed by atoms with Crippen LogP contribution in [0.2, 0.25) is 0 Å². The fraction of sp³-hybridized carbons (Fsp3) is 1.00. The normalized spacial score (nSPS) is 13.0. The maximum absolute atomic E-state index is 10.1. The molecule has 0 aliphatic carbocycles. The standard InChI is InChI=1S/C2H6I2N2O6/c5-1-2(6,11-3(7)8)12-4(9)10/h1,5-6H2. The van der Waals surface area contributed by atoms with E-state index in [1.54, 1.807) is 0 Å². The quantitative estimate of drug-likeness (QED) is 0.335. The number of rotatable bonds is 5. The summed E-state index contributed by atoms with van der Waals surface area (Å²) in [4.78, 5) is 0. The Bertz CT molecular complexity index is 123. The Labute approximate surface area is 85.5 Å². The average molecular weight is 408 g/mol. The number of halogens is 2. The molecule has 0 aromatic carbocycles. The summed E-state index contributed by atoms with van der Waals surface area (Å²) >= 11 is -8.22. The largest absolute Gasteiger partial charge is 0.512 e. The lowest BCUT2D eigenvalue weighted by Gasteiger charge is -2.11. The predicted molar refractivity (Wildman–Crippen MR) is 18.1 cm³/mol. The zero-order chi connectivity index (χ0) is 9.78. The summed E-state index contributed by atoms with van der Waals surface area (Å²) < 4.78 is 48.3. The molecule has 0 saturated heterocycles. The van der Waals surface area contributed by atoms with Gasteiger partial charge >= 0.3 is 48.0 Å². The number of hydrogen-bond acceptors (Lipinski definition) is 8. The van der Waals surface area contributed by atoms with E-state index in [2.05, 4.69) is 6.13 Å². The molecule has 12 heavy (non-hydrogen) atoms. The van der Waals surface area contributed by atoms with Gasteiger partial charge in [-0.2, -0.15) is 0 Å². The van der Waals surface area contributed by atoms with E-state index in [0.29, 0.717) is 0 Å². The summed E-state index contributed by atoms with van der Waals surface area (Å²) in [5.74, 6) is -2.25. The third-order valence-electron chi connectivity index (χ3n) is 0.672. The van der Waals surface area contributed by atoms with Crippen LogP contribution in [-0.2, 0) is 6.13 Å². The lowest BCUT2D eigenvalue weighted by atomic mass is 10.5. The SMILES string of the molecule is NCC(N)(O[I+2]([O-])[O-])O[I+2]([O-])[O-]. The summed E-state index contributed by atoms with van der Waals surface area (Å²) in [6.07, 6.45) is 0. The zero-order valence-corrected chi connectivity index (χ0v) is 9.88. The third kappa shape index (κ3) is 5.73. The summed E-state index contributed by atoms with van der Waals surface area (Å²) in [6.45, 7) is -0.566. The van der Waals surface area contributed by atoms with E-state index in [1.807, 2.05) is 0 Å². The molecule has 0 radical (unpaired) electrons. The van der Waals surface area contributed by atoms with Gasteiger partial charge < -0.3 is 19.5 Å². The van der Waals surface area contributed by atoms with Crippen molar-refractivity contribution in [2.45, 2.75) is 5.91 Å². The Morgan fingerprint density at radius 3 is 1.58 bits per heavy atom. The van der Waals surface area contributed by atoms with Crippen molar-refractivity contribution in [3.8, 4) is 0 Å². The molecule has 0 bridgehead atoms. The Balaban J connectivity index is 4.04.